The predicted octanol–water partition coefficient (Wildman–Crippen LogP) is -0.496. The second-order valence-electron chi connectivity index (χ2n) is 3.68. The van der Waals surface area contributed by atoms with Gasteiger partial charge in [-0.15, -0.1) is 0 Å². The molecule has 1 heterocycles. The van der Waals surface area contributed by atoms with E-state index in [1.165, 1.54) is 0 Å². The van der Waals surface area contributed by atoms with Gasteiger partial charge in [0, 0.05) is 0 Å². The van der Waals surface area contributed by atoms with Crippen molar-refractivity contribution in [1.82, 2.24) is 0 Å². The van der Waals surface area contributed by atoms with Crippen LogP contribution in [0.4, 0.5) is 0 Å². The molecule has 3 N–H and O–H groups in total. The lowest BCUT2D eigenvalue weighted by atomic mass is 10.1. The number of rotatable bonds is 2. The number of para-hydroxylation sites is 1. The first-order valence-electron chi connectivity index (χ1n) is 5.06. The van der Waals surface area contributed by atoms with E-state index in [0.717, 1.165) is 0 Å². The summed E-state index contributed by atoms with van der Waals surface area (Å²) in [5.74, 6) is 0.537. The van der Waals surface area contributed by atoms with Gasteiger partial charge in [0.05, 0.1) is 6.61 Å². The Kier molecular flexibility index (Phi) is 3.40. The van der Waals surface area contributed by atoms with Crippen molar-refractivity contribution in [2.24, 2.45) is 0 Å². The number of ether oxygens (including phenoxy) is 2. The van der Waals surface area contributed by atoms with E-state index in [0.29, 0.717) is 5.75 Å². The predicted molar refractivity (Wildman–Crippen MR) is 54.8 cm³/mol. The Bertz CT molecular complexity index is 328. The quantitative estimate of drug-likeness (QED) is 0.634. The summed E-state index contributed by atoms with van der Waals surface area (Å²) in [6, 6.07) is 8.84. The molecule has 1 fully saturated rings. The molecule has 1 aliphatic rings. The normalized spacial score (nSPS) is 34.7. The fourth-order valence-corrected chi connectivity index (χ4v) is 1.52. The van der Waals surface area contributed by atoms with Gasteiger partial charge in [-0.25, -0.2) is 0 Å². The molecule has 0 bridgehead atoms. The molecule has 0 spiro atoms. The van der Waals surface area contributed by atoms with Gasteiger partial charge in [-0.2, -0.15) is 0 Å². The van der Waals surface area contributed by atoms with E-state index in [9.17, 15) is 15.3 Å². The standard InChI is InChI=1S/C11H14O5/c12-8-6-15-11(10(14)9(8)13)16-7-4-2-1-3-5-7/h1-5,8-14H,6H2/t8-,9+,10-,11?/m1/s1. The molecular formula is C11H14O5. The minimum Gasteiger partial charge on any atom is -0.462 e. The van der Waals surface area contributed by atoms with Gasteiger partial charge in [-0.3, -0.25) is 0 Å². The van der Waals surface area contributed by atoms with Gasteiger partial charge in [0.1, 0.15) is 24.1 Å². The smallest absolute Gasteiger partial charge is 0.228 e. The molecule has 5 heteroatoms. The number of benzene rings is 1. The third kappa shape index (κ3) is 2.33. The molecule has 0 aliphatic carbocycles. The zero-order chi connectivity index (χ0) is 11.5. The van der Waals surface area contributed by atoms with Crippen LogP contribution >= 0.6 is 0 Å². The van der Waals surface area contributed by atoms with Crippen LogP contribution in [0.25, 0.3) is 0 Å². The van der Waals surface area contributed by atoms with Gasteiger partial charge in [0.2, 0.25) is 6.29 Å². The first-order valence-corrected chi connectivity index (χ1v) is 5.06. The van der Waals surface area contributed by atoms with Gasteiger partial charge < -0.3 is 24.8 Å². The zero-order valence-electron chi connectivity index (χ0n) is 8.56. The summed E-state index contributed by atoms with van der Waals surface area (Å²) in [6.07, 6.45) is -4.54. The highest BCUT2D eigenvalue weighted by atomic mass is 16.7. The number of hydrogen-bond acceptors (Lipinski definition) is 5. The van der Waals surface area contributed by atoms with Crippen LogP contribution < -0.4 is 4.74 Å². The lowest BCUT2D eigenvalue weighted by Gasteiger charge is -2.34. The van der Waals surface area contributed by atoms with Crippen LogP contribution in [-0.4, -0.2) is 46.5 Å². The molecule has 1 aliphatic heterocycles. The summed E-state index contributed by atoms with van der Waals surface area (Å²) in [7, 11) is 0. The molecule has 1 aromatic carbocycles. The van der Waals surface area contributed by atoms with Crippen LogP contribution in [0.15, 0.2) is 30.3 Å². The lowest BCUT2D eigenvalue weighted by molar-refractivity contribution is -0.242. The molecule has 2 rings (SSSR count). The van der Waals surface area contributed by atoms with Crippen LogP contribution in [0.5, 0.6) is 5.75 Å². The Hall–Kier alpha value is -1.14. The summed E-state index contributed by atoms with van der Waals surface area (Å²) in [6.45, 7) is -0.0598. The second-order valence-corrected chi connectivity index (χ2v) is 3.68. The maximum atomic E-state index is 9.61. The van der Waals surface area contributed by atoms with E-state index in [1.807, 2.05) is 6.07 Å². The summed E-state index contributed by atoms with van der Waals surface area (Å²) < 4.78 is 10.4. The monoisotopic (exact) mass is 226 g/mol. The maximum Gasteiger partial charge on any atom is 0.228 e. The van der Waals surface area contributed by atoms with Crippen molar-refractivity contribution in [2.45, 2.75) is 24.6 Å². The van der Waals surface area contributed by atoms with Crippen molar-refractivity contribution >= 4 is 0 Å². The van der Waals surface area contributed by atoms with E-state index < -0.39 is 24.6 Å². The average Bonchev–Trinajstić information content (AvgIpc) is 2.31. The molecule has 0 radical (unpaired) electrons. The molecule has 0 aromatic heterocycles. The van der Waals surface area contributed by atoms with E-state index in [4.69, 9.17) is 9.47 Å². The molecule has 16 heavy (non-hydrogen) atoms. The van der Waals surface area contributed by atoms with E-state index >= 15 is 0 Å². The molecule has 0 saturated carbocycles. The highest BCUT2D eigenvalue weighted by Gasteiger charge is 2.38. The highest BCUT2D eigenvalue weighted by molar-refractivity contribution is 5.21. The Balaban J connectivity index is 2.00. The van der Waals surface area contributed by atoms with Gasteiger partial charge in [-0.1, -0.05) is 18.2 Å². The topological polar surface area (TPSA) is 79.2 Å². The molecular weight excluding hydrogens is 212 g/mol. The molecule has 5 nitrogen and oxygen atoms in total. The molecule has 1 aromatic rings. The summed E-state index contributed by atoms with van der Waals surface area (Å²) in [4.78, 5) is 0. The highest BCUT2D eigenvalue weighted by Crippen LogP contribution is 2.19. The largest absolute Gasteiger partial charge is 0.462 e. The number of aliphatic hydroxyl groups is 3. The SMILES string of the molecule is O[C@H]1[C@H](O)COC(Oc2ccccc2)[C@@H]1O. The van der Waals surface area contributed by atoms with Crippen molar-refractivity contribution in [1.29, 1.82) is 0 Å². The van der Waals surface area contributed by atoms with E-state index in [1.54, 1.807) is 24.3 Å². The zero-order valence-corrected chi connectivity index (χ0v) is 8.56. The maximum absolute atomic E-state index is 9.61. The van der Waals surface area contributed by atoms with Crippen molar-refractivity contribution in [3.8, 4) is 5.75 Å². The summed E-state index contributed by atoms with van der Waals surface area (Å²) in [5.41, 5.74) is 0. The molecule has 1 unspecified atom stereocenters. The Morgan fingerprint density at radius 1 is 1.06 bits per heavy atom. The van der Waals surface area contributed by atoms with Gasteiger partial charge in [0.15, 0.2) is 0 Å². The summed E-state index contributed by atoms with van der Waals surface area (Å²) >= 11 is 0. The van der Waals surface area contributed by atoms with Crippen LogP contribution in [0.3, 0.4) is 0 Å². The van der Waals surface area contributed by atoms with Gasteiger partial charge >= 0.3 is 0 Å². The molecule has 88 valence electrons. The fourth-order valence-electron chi connectivity index (χ4n) is 1.52. The minimum atomic E-state index is -1.26. The second kappa shape index (κ2) is 4.80. The van der Waals surface area contributed by atoms with Gasteiger partial charge in [-0.05, 0) is 12.1 Å². The van der Waals surface area contributed by atoms with Crippen LogP contribution in [0.1, 0.15) is 0 Å². The van der Waals surface area contributed by atoms with E-state index in [2.05, 4.69) is 0 Å². The molecule has 1 saturated heterocycles. The first kappa shape index (κ1) is 11.3. The van der Waals surface area contributed by atoms with Crippen molar-refractivity contribution < 1.29 is 24.8 Å². The van der Waals surface area contributed by atoms with Crippen molar-refractivity contribution in [2.75, 3.05) is 6.61 Å². The third-order valence-electron chi connectivity index (χ3n) is 2.45. The third-order valence-corrected chi connectivity index (χ3v) is 2.45. The number of hydrogen-bond donors (Lipinski definition) is 3. The average molecular weight is 226 g/mol. The van der Waals surface area contributed by atoms with Crippen molar-refractivity contribution in [3.63, 3.8) is 0 Å². The lowest BCUT2D eigenvalue weighted by Crippen LogP contribution is -2.54. The Labute approximate surface area is 92.9 Å². The van der Waals surface area contributed by atoms with Crippen LogP contribution in [-0.2, 0) is 4.74 Å². The van der Waals surface area contributed by atoms with Crippen LogP contribution in [0, 0.1) is 0 Å². The van der Waals surface area contributed by atoms with Crippen molar-refractivity contribution in [3.05, 3.63) is 30.3 Å². The Morgan fingerprint density at radius 2 is 1.75 bits per heavy atom. The van der Waals surface area contributed by atoms with E-state index in [-0.39, 0.29) is 6.61 Å². The van der Waals surface area contributed by atoms with Crippen LogP contribution in [0.2, 0.25) is 0 Å². The fraction of sp³-hybridized carbons (Fsp3) is 0.455. The molecule has 4 atom stereocenters. The Morgan fingerprint density at radius 3 is 2.44 bits per heavy atom. The first-order chi connectivity index (χ1) is 7.68. The number of aliphatic hydroxyl groups excluding tert-OH is 3. The van der Waals surface area contributed by atoms with Gasteiger partial charge in [0.25, 0.3) is 0 Å². The molecule has 0 amide bonds. The minimum absolute atomic E-state index is 0.0598. The summed E-state index contributed by atoms with van der Waals surface area (Å²) in [5, 5.41) is 28.3.